The van der Waals surface area contributed by atoms with Gasteiger partial charge in [0, 0.05) is 19.2 Å². The molecule has 1 N–H and O–H groups in total. The van der Waals surface area contributed by atoms with Gasteiger partial charge in [0.25, 0.3) is 10.0 Å². The summed E-state index contributed by atoms with van der Waals surface area (Å²) in [5, 5.41) is 2.49. The summed E-state index contributed by atoms with van der Waals surface area (Å²) in [6.07, 6.45) is 0. The number of anilines is 1. The lowest BCUT2D eigenvalue weighted by molar-refractivity contribution is -0.139. The molecule has 37 heavy (non-hydrogen) atoms. The Morgan fingerprint density at radius 3 is 2.24 bits per heavy atom. The monoisotopic (exact) mass is 527 g/mol. The van der Waals surface area contributed by atoms with E-state index in [-0.39, 0.29) is 28.4 Å². The number of sulfonamides is 1. The van der Waals surface area contributed by atoms with Gasteiger partial charge in [0.15, 0.2) is 0 Å². The summed E-state index contributed by atoms with van der Waals surface area (Å²) in [6.45, 7) is 2.45. The summed E-state index contributed by atoms with van der Waals surface area (Å²) in [6, 6.07) is 17.6. The maximum atomic E-state index is 14.5. The highest BCUT2D eigenvalue weighted by Gasteiger charge is 2.33. The first-order chi connectivity index (χ1) is 17.6. The molecule has 0 bridgehead atoms. The standard InChI is InChI=1S/C27H30FN3O5S/c1-19-13-15-22(16-14-19)37(34,35)31(24-11-7-8-12-25(24)36-4)18-26(32)30(20(2)27(33)29-3)17-21-9-5-6-10-23(21)28/h5-16,20H,17-18H2,1-4H3,(H,29,33). The quantitative estimate of drug-likeness (QED) is 0.436. The number of amides is 2. The lowest BCUT2D eigenvalue weighted by Gasteiger charge is -2.32. The molecule has 1 unspecified atom stereocenters. The van der Waals surface area contributed by atoms with Gasteiger partial charge in [-0.15, -0.1) is 0 Å². The molecule has 3 aromatic carbocycles. The summed E-state index contributed by atoms with van der Waals surface area (Å²) >= 11 is 0. The molecule has 2 amide bonds. The summed E-state index contributed by atoms with van der Waals surface area (Å²) in [4.78, 5) is 27.3. The molecule has 3 rings (SSSR count). The first-order valence-electron chi connectivity index (χ1n) is 11.6. The van der Waals surface area contributed by atoms with E-state index in [2.05, 4.69) is 5.32 Å². The summed E-state index contributed by atoms with van der Waals surface area (Å²) in [7, 11) is -1.41. The van der Waals surface area contributed by atoms with Crippen LogP contribution in [0.15, 0.2) is 77.7 Å². The second-order valence-corrected chi connectivity index (χ2v) is 10.3. The van der Waals surface area contributed by atoms with Gasteiger partial charge in [-0.25, -0.2) is 12.8 Å². The molecule has 0 heterocycles. The van der Waals surface area contributed by atoms with Crippen molar-refractivity contribution in [2.45, 2.75) is 31.3 Å². The van der Waals surface area contributed by atoms with Gasteiger partial charge in [0.05, 0.1) is 17.7 Å². The van der Waals surface area contributed by atoms with E-state index in [9.17, 15) is 22.4 Å². The Hall–Kier alpha value is -3.92. The summed E-state index contributed by atoms with van der Waals surface area (Å²) < 4.78 is 48.4. The molecule has 10 heteroatoms. The van der Waals surface area contributed by atoms with Gasteiger partial charge in [-0.3, -0.25) is 13.9 Å². The molecule has 196 valence electrons. The Kier molecular flexibility index (Phi) is 8.88. The number of ether oxygens (including phenoxy) is 1. The third-order valence-corrected chi connectivity index (χ3v) is 7.73. The zero-order chi connectivity index (χ0) is 27.2. The first-order valence-corrected chi connectivity index (χ1v) is 13.0. The highest BCUT2D eigenvalue weighted by atomic mass is 32.2. The molecule has 3 aromatic rings. The maximum Gasteiger partial charge on any atom is 0.264 e. The Balaban J connectivity index is 2.08. The highest BCUT2D eigenvalue weighted by molar-refractivity contribution is 7.92. The topological polar surface area (TPSA) is 96.0 Å². The molecule has 0 radical (unpaired) electrons. The number of carbonyl (C=O) groups excluding carboxylic acids is 2. The fraction of sp³-hybridized carbons (Fsp3) is 0.259. The minimum Gasteiger partial charge on any atom is -0.495 e. The van der Waals surface area contributed by atoms with Gasteiger partial charge in [-0.1, -0.05) is 48.0 Å². The van der Waals surface area contributed by atoms with Crippen LogP contribution in [0.3, 0.4) is 0 Å². The third-order valence-electron chi connectivity index (χ3n) is 5.95. The highest BCUT2D eigenvalue weighted by Crippen LogP contribution is 2.32. The predicted molar refractivity (Wildman–Crippen MR) is 139 cm³/mol. The molecule has 0 spiro atoms. The third kappa shape index (κ3) is 6.26. The number of nitrogens with zero attached hydrogens (tertiary/aromatic N) is 2. The average molecular weight is 528 g/mol. The minimum absolute atomic E-state index is 0.0168. The van der Waals surface area contributed by atoms with Crippen molar-refractivity contribution in [1.82, 2.24) is 10.2 Å². The van der Waals surface area contributed by atoms with Crippen LogP contribution >= 0.6 is 0 Å². The molecule has 1 atom stereocenters. The van der Waals surface area contributed by atoms with E-state index in [1.165, 1.54) is 57.5 Å². The number of benzene rings is 3. The number of rotatable bonds is 10. The normalized spacial score (nSPS) is 11.9. The zero-order valence-corrected chi connectivity index (χ0v) is 22.0. The molecule has 0 saturated carbocycles. The smallest absolute Gasteiger partial charge is 0.264 e. The predicted octanol–water partition coefficient (Wildman–Crippen LogP) is 3.50. The molecular weight excluding hydrogens is 497 g/mol. The lowest BCUT2D eigenvalue weighted by atomic mass is 10.1. The SMILES string of the molecule is CNC(=O)C(C)N(Cc1ccccc1F)C(=O)CN(c1ccccc1OC)S(=O)(=O)c1ccc(C)cc1. The molecule has 0 fully saturated rings. The van der Waals surface area contributed by atoms with E-state index in [1.807, 2.05) is 6.92 Å². The van der Waals surface area contributed by atoms with E-state index < -0.39 is 40.2 Å². The molecule has 0 aromatic heterocycles. The Morgan fingerprint density at radius 2 is 1.62 bits per heavy atom. The van der Waals surface area contributed by atoms with Crippen LogP contribution in [0.25, 0.3) is 0 Å². The lowest BCUT2D eigenvalue weighted by Crippen LogP contribution is -2.50. The second-order valence-electron chi connectivity index (χ2n) is 8.40. The fourth-order valence-corrected chi connectivity index (χ4v) is 5.21. The van der Waals surface area contributed by atoms with Gasteiger partial charge in [0.2, 0.25) is 11.8 Å². The van der Waals surface area contributed by atoms with E-state index in [0.29, 0.717) is 0 Å². The van der Waals surface area contributed by atoms with Crippen LogP contribution < -0.4 is 14.4 Å². The number of likely N-dealkylation sites (N-methyl/N-ethyl adjacent to an activating group) is 1. The number of methoxy groups -OCH3 is 1. The second kappa shape index (κ2) is 11.9. The van der Waals surface area contributed by atoms with Crippen LogP contribution in [-0.4, -0.2) is 51.9 Å². The van der Waals surface area contributed by atoms with Crippen molar-refractivity contribution < 1.29 is 27.1 Å². The number of halogens is 1. The Morgan fingerprint density at radius 1 is 1.00 bits per heavy atom. The van der Waals surface area contributed by atoms with Crippen molar-refractivity contribution in [3.8, 4) is 5.75 Å². The van der Waals surface area contributed by atoms with Crippen molar-refractivity contribution in [1.29, 1.82) is 0 Å². The van der Waals surface area contributed by atoms with Crippen molar-refractivity contribution >= 4 is 27.5 Å². The van der Waals surface area contributed by atoms with Crippen LogP contribution in [0.1, 0.15) is 18.1 Å². The van der Waals surface area contributed by atoms with Gasteiger partial charge >= 0.3 is 0 Å². The van der Waals surface area contributed by atoms with Gasteiger partial charge in [0.1, 0.15) is 24.2 Å². The number of carbonyl (C=O) groups is 2. The average Bonchev–Trinajstić information content (AvgIpc) is 2.90. The van der Waals surface area contributed by atoms with E-state index in [1.54, 1.807) is 36.4 Å². The molecule has 0 saturated heterocycles. The first kappa shape index (κ1) is 27.7. The number of hydrogen-bond acceptors (Lipinski definition) is 5. The Labute approximate surface area is 216 Å². The van der Waals surface area contributed by atoms with Crippen LogP contribution in [-0.2, 0) is 26.2 Å². The van der Waals surface area contributed by atoms with Crippen LogP contribution in [0.5, 0.6) is 5.75 Å². The Bertz CT molecular complexity index is 1360. The van der Waals surface area contributed by atoms with Crippen LogP contribution in [0, 0.1) is 12.7 Å². The van der Waals surface area contributed by atoms with Gasteiger partial charge in [-0.05, 0) is 44.2 Å². The molecule has 0 aliphatic rings. The van der Waals surface area contributed by atoms with Crippen molar-refractivity contribution in [3.05, 3.63) is 89.7 Å². The number of aryl methyl sites for hydroxylation is 1. The van der Waals surface area contributed by atoms with E-state index in [0.717, 1.165) is 14.8 Å². The van der Waals surface area contributed by atoms with Crippen molar-refractivity contribution in [3.63, 3.8) is 0 Å². The van der Waals surface area contributed by atoms with Crippen molar-refractivity contribution in [2.75, 3.05) is 25.0 Å². The zero-order valence-electron chi connectivity index (χ0n) is 21.1. The molecule has 0 aliphatic heterocycles. The molecule has 8 nitrogen and oxygen atoms in total. The maximum absolute atomic E-state index is 14.5. The fourth-order valence-electron chi connectivity index (χ4n) is 3.79. The van der Waals surface area contributed by atoms with E-state index >= 15 is 0 Å². The van der Waals surface area contributed by atoms with Crippen LogP contribution in [0.2, 0.25) is 0 Å². The summed E-state index contributed by atoms with van der Waals surface area (Å²) in [5.74, 6) is -1.47. The largest absolute Gasteiger partial charge is 0.495 e. The molecule has 0 aliphatic carbocycles. The minimum atomic E-state index is -4.23. The van der Waals surface area contributed by atoms with Crippen molar-refractivity contribution in [2.24, 2.45) is 0 Å². The molecular formula is C27H30FN3O5S. The summed E-state index contributed by atoms with van der Waals surface area (Å²) in [5.41, 5.74) is 1.21. The van der Waals surface area contributed by atoms with Gasteiger partial charge in [-0.2, -0.15) is 0 Å². The van der Waals surface area contributed by atoms with Crippen LogP contribution in [0.4, 0.5) is 10.1 Å². The number of hydrogen-bond donors (Lipinski definition) is 1. The number of para-hydroxylation sites is 2. The van der Waals surface area contributed by atoms with E-state index in [4.69, 9.17) is 4.74 Å². The van der Waals surface area contributed by atoms with Gasteiger partial charge < -0.3 is 15.0 Å². The number of nitrogens with one attached hydrogen (secondary N) is 1.